The molecule has 0 N–H and O–H groups in total. The third-order valence-electron chi connectivity index (χ3n) is 2.60. The minimum Gasteiger partial charge on any atom is -0.294 e. The number of rotatable bonds is 3. The van der Waals surface area contributed by atoms with E-state index in [1.165, 1.54) is 18.7 Å². The molecule has 0 heterocycles. The van der Waals surface area contributed by atoms with Crippen LogP contribution in [0, 0.1) is 11.3 Å². The molecule has 100 valence electrons. The van der Waals surface area contributed by atoms with E-state index in [-0.39, 0.29) is 5.78 Å². The molecule has 5 heteroatoms. The lowest BCUT2D eigenvalue weighted by atomic mass is 10.1. The molecule has 0 unspecified atom stereocenters. The third kappa shape index (κ3) is 3.34. The molecule has 0 saturated heterocycles. The fourth-order valence-corrected chi connectivity index (χ4v) is 3.21. The van der Waals surface area contributed by atoms with Gasteiger partial charge in [-0.2, -0.15) is 5.26 Å². The van der Waals surface area contributed by atoms with Crippen molar-refractivity contribution in [3.05, 3.63) is 57.6 Å². The van der Waals surface area contributed by atoms with E-state index in [0.29, 0.717) is 26.1 Å². The van der Waals surface area contributed by atoms with Gasteiger partial charge in [0, 0.05) is 20.4 Å². The van der Waals surface area contributed by atoms with Gasteiger partial charge in [0.2, 0.25) is 0 Å². The van der Waals surface area contributed by atoms with Crippen LogP contribution in [0.2, 0.25) is 10.0 Å². The number of ketones is 1. The molecule has 0 bridgehead atoms. The van der Waals surface area contributed by atoms with Crippen LogP contribution in [0.1, 0.15) is 22.8 Å². The number of hydrogen-bond donors (Lipinski definition) is 0. The average molecular weight is 322 g/mol. The van der Waals surface area contributed by atoms with Crippen LogP contribution in [0.3, 0.4) is 0 Å². The van der Waals surface area contributed by atoms with Crippen molar-refractivity contribution in [1.82, 2.24) is 0 Å². The molecule has 0 spiro atoms. The van der Waals surface area contributed by atoms with Gasteiger partial charge in [-0.3, -0.25) is 4.79 Å². The first kappa shape index (κ1) is 14.9. The Bertz CT molecular complexity index is 722. The van der Waals surface area contributed by atoms with Gasteiger partial charge in [0.15, 0.2) is 5.78 Å². The lowest BCUT2D eigenvalue weighted by Crippen LogP contribution is -1.95. The van der Waals surface area contributed by atoms with Crippen LogP contribution < -0.4 is 0 Å². The van der Waals surface area contributed by atoms with Crippen LogP contribution in [0.25, 0.3) is 0 Å². The summed E-state index contributed by atoms with van der Waals surface area (Å²) < 4.78 is 0. The molecule has 0 amide bonds. The fourth-order valence-electron chi connectivity index (χ4n) is 1.64. The Morgan fingerprint density at radius 2 is 1.90 bits per heavy atom. The number of hydrogen-bond acceptors (Lipinski definition) is 3. The van der Waals surface area contributed by atoms with Crippen LogP contribution in [0.15, 0.2) is 46.2 Å². The number of halogens is 2. The average Bonchev–Trinajstić information content (AvgIpc) is 2.42. The molecule has 0 radical (unpaired) electrons. The fraction of sp³-hybridized carbons (Fsp3) is 0.0667. The molecule has 0 fully saturated rings. The van der Waals surface area contributed by atoms with Crippen molar-refractivity contribution in [3.8, 4) is 6.07 Å². The highest BCUT2D eigenvalue weighted by Gasteiger charge is 2.12. The molecule has 2 aromatic rings. The molecule has 20 heavy (non-hydrogen) atoms. The van der Waals surface area contributed by atoms with E-state index in [1.807, 2.05) is 0 Å². The van der Waals surface area contributed by atoms with E-state index >= 15 is 0 Å². The minimum atomic E-state index is -0.0601. The summed E-state index contributed by atoms with van der Waals surface area (Å²) in [4.78, 5) is 13.1. The number of nitriles is 1. The summed E-state index contributed by atoms with van der Waals surface area (Å²) in [5.41, 5.74) is 1.06. The minimum absolute atomic E-state index is 0.0601. The number of benzene rings is 2. The van der Waals surface area contributed by atoms with Crippen molar-refractivity contribution in [1.29, 1.82) is 5.26 Å². The SMILES string of the molecule is CC(=O)c1ccc(C#N)cc1Sc1cc(Cl)ccc1Cl. The summed E-state index contributed by atoms with van der Waals surface area (Å²) in [7, 11) is 0. The van der Waals surface area contributed by atoms with Crippen molar-refractivity contribution in [2.24, 2.45) is 0 Å². The molecule has 0 aliphatic carbocycles. The Balaban J connectivity index is 2.49. The molecular formula is C15H9Cl2NOS. The second-order valence-electron chi connectivity index (χ2n) is 4.06. The van der Waals surface area contributed by atoms with Crippen molar-refractivity contribution in [2.75, 3.05) is 0 Å². The summed E-state index contributed by atoms with van der Waals surface area (Å²) in [5, 5.41) is 10.1. The molecule has 0 aliphatic rings. The molecule has 2 aromatic carbocycles. The summed E-state index contributed by atoms with van der Waals surface area (Å²) in [6.07, 6.45) is 0. The van der Waals surface area contributed by atoms with Gasteiger partial charge in [0.1, 0.15) is 0 Å². The standard InChI is InChI=1S/C15H9Cl2NOS/c1-9(19)12-4-2-10(8-18)6-14(12)20-15-7-11(16)3-5-13(15)17/h2-7H,1H3. The second kappa shape index (κ2) is 6.32. The van der Waals surface area contributed by atoms with Gasteiger partial charge in [0.05, 0.1) is 16.7 Å². The van der Waals surface area contributed by atoms with Crippen molar-refractivity contribution in [3.63, 3.8) is 0 Å². The number of nitrogens with zero attached hydrogens (tertiary/aromatic N) is 1. The maximum Gasteiger partial charge on any atom is 0.160 e. The van der Waals surface area contributed by atoms with Gasteiger partial charge in [-0.05, 0) is 43.3 Å². The Morgan fingerprint density at radius 3 is 2.55 bits per heavy atom. The Morgan fingerprint density at radius 1 is 1.15 bits per heavy atom. The first-order valence-electron chi connectivity index (χ1n) is 5.69. The molecule has 2 nitrogen and oxygen atoms in total. The smallest absolute Gasteiger partial charge is 0.160 e. The van der Waals surface area contributed by atoms with Gasteiger partial charge >= 0.3 is 0 Å². The monoisotopic (exact) mass is 321 g/mol. The highest BCUT2D eigenvalue weighted by Crippen LogP contribution is 2.37. The molecule has 0 aromatic heterocycles. The zero-order valence-corrected chi connectivity index (χ0v) is 12.8. The quantitative estimate of drug-likeness (QED) is 0.728. The highest BCUT2D eigenvalue weighted by atomic mass is 35.5. The topological polar surface area (TPSA) is 40.9 Å². The first-order valence-corrected chi connectivity index (χ1v) is 7.26. The van der Waals surface area contributed by atoms with Gasteiger partial charge < -0.3 is 0 Å². The first-order chi connectivity index (χ1) is 9.51. The van der Waals surface area contributed by atoms with E-state index in [2.05, 4.69) is 6.07 Å². The predicted molar refractivity (Wildman–Crippen MR) is 81.7 cm³/mol. The van der Waals surface area contributed by atoms with E-state index < -0.39 is 0 Å². The van der Waals surface area contributed by atoms with Crippen LogP contribution in [0.5, 0.6) is 0 Å². The molecule has 0 aliphatic heterocycles. The summed E-state index contributed by atoms with van der Waals surface area (Å²) in [6.45, 7) is 1.49. The Labute approximate surface area is 131 Å². The lowest BCUT2D eigenvalue weighted by molar-refractivity contribution is 0.101. The van der Waals surface area contributed by atoms with Crippen molar-refractivity contribution in [2.45, 2.75) is 16.7 Å². The predicted octanol–water partition coefficient (Wildman–Crippen LogP) is 5.22. The van der Waals surface area contributed by atoms with E-state index in [0.717, 1.165) is 4.90 Å². The van der Waals surface area contributed by atoms with Crippen molar-refractivity contribution < 1.29 is 4.79 Å². The maximum absolute atomic E-state index is 11.7. The zero-order chi connectivity index (χ0) is 14.7. The van der Waals surface area contributed by atoms with E-state index in [4.69, 9.17) is 28.5 Å². The lowest BCUT2D eigenvalue weighted by Gasteiger charge is -2.09. The third-order valence-corrected chi connectivity index (χ3v) is 4.40. The van der Waals surface area contributed by atoms with Crippen molar-refractivity contribution >= 4 is 40.7 Å². The zero-order valence-electron chi connectivity index (χ0n) is 10.5. The van der Waals surface area contributed by atoms with Gasteiger partial charge in [-0.25, -0.2) is 0 Å². The second-order valence-corrected chi connectivity index (χ2v) is 5.98. The molecular weight excluding hydrogens is 313 g/mol. The van der Waals surface area contributed by atoms with Crippen LogP contribution >= 0.6 is 35.0 Å². The van der Waals surface area contributed by atoms with E-state index in [9.17, 15) is 4.79 Å². The highest BCUT2D eigenvalue weighted by molar-refractivity contribution is 7.99. The summed E-state index contributed by atoms with van der Waals surface area (Å²) >= 11 is 13.4. The van der Waals surface area contributed by atoms with Gasteiger partial charge in [-0.1, -0.05) is 35.0 Å². The van der Waals surface area contributed by atoms with Gasteiger partial charge in [0.25, 0.3) is 0 Å². The largest absolute Gasteiger partial charge is 0.294 e. The molecule has 0 saturated carbocycles. The Hall–Kier alpha value is -1.47. The maximum atomic E-state index is 11.7. The summed E-state index contributed by atoms with van der Waals surface area (Å²) in [5.74, 6) is -0.0601. The summed E-state index contributed by atoms with van der Waals surface area (Å²) in [6, 6.07) is 12.2. The molecule has 0 atom stereocenters. The van der Waals surface area contributed by atoms with Crippen LogP contribution in [0.4, 0.5) is 0 Å². The number of Topliss-reactive ketones (excluding diaryl/α,β-unsaturated/α-hetero) is 1. The van der Waals surface area contributed by atoms with Crippen LogP contribution in [-0.2, 0) is 0 Å². The van der Waals surface area contributed by atoms with Gasteiger partial charge in [-0.15, -0.1) is 0 Å². The van der Waals surface area contributed by atoms with Crippen LogP contribution in [-0.4, -0.2) is 5.78 Å². The normalized spacial score (nSPS) is 10.1. The number of carbonyl (C=O) groups excluding carboxylic acids is 1. The number of carbonyl (C=O) groups is 1. The molecule has 2 rings (SSSR count). The van der Waals surface area contributed by atoms with E-state index in [1.54, 1.807) is 36.4 Å². The Kier molecular flexibility index (Phi) is 4.72.